The number of aliphatic hydroxyl groups is 1. The summed E-state index contributed by atoms with van der Waals surface area (Å²) in [4.78, 5) is 29.3. The predicted molar refractivity (Wildman–Crippen MR) is 104 cm³/mol. The second kappa shape index (κ2) is 7.39. The molecule has 1 atom stereocenters. The van der Waals surface area contributed by atoms with E-state index in [0.29, 0.717) is 32.6 Å². The number of amides is 2. The third-order valence-electron chi connectivity index (χ3n) is 5.50. The lowest BCUT2D eigenvalue weighted by atomic mass is 9.90. The monoisotopic (exact) mass is 392 g/mol. The van der Waals surface area contributed by atoms with Gasteiger partial charge in [-0.3, -0.25) is 9.48 Å². The molecule has 2 aliphatic heterocycles. The van der Waals surface area contributed by atoms with Crippen LogP contribution >= 0.6 is 0 Å². The van der Waals surface area contributed by atoms with Crippen molar-refractivity contribution in [2.75, 3.05) is 19.6 Å². The zero-order valence-electron chi connectivity index (χ0n) is 17.6. The lowest BCUT2D eigenvalue weighted by Crippen LogP contribution is -2.63. The van der Waals surface area contributed by atoms with Crippen molar-refractivity contribution in [2.45, 2.75) is 71.8 Å². The minimum atomic E-state index is -0.538. The van der Waals surface area contributed by atoms with Crippen molar-refractivity contribution in [1.82, 2.24) is 19.6 Å². The van der Waals surface area contributed by atoms with Crippen molar-refractivity contribution in [2.24, 2.45) is 5.92 Å². The summed E-state index contributed by atoms with van der Waals surface area (Å²) in [6.45, 7) is 11.6. The van der Waals surface area contributed by atoms with Crippen LogP contribution in [0.4, 0.5) is 4.79 Å². The predicted octanol–water partition coefficient (Wildman–Crippen LogP) is 1.80. The molecule has 0 spiro atoms. The number of aryl methyl sites for hydroxylation is 1. The zero-order chi connectivity index (χ0) is 20.7. The first kappa shape index (κ1) is 20.6. The fourth-order valence-corrected chi connectivity index (χ4v) is 4.10. The summed E-state index contributed by atoms with van der Waals surface area (Å²) in [7, 11) is 0. The SMILES string of the molecule is CC(C)(C)OC(=O)N1CCN(C(=O)C2CCn3ncc(CO)c3C2)C(C)(C)C1. The van der Waals surface area contributed by atoms with Gasteiger partial charge in [0.2, 0.25) is 5.91 Å². The molecule has 0 bridgehead atoms. The summed E-state index contributed by atoms with van der Waals surface area (Å²) >= 11 is 0. The van der Waals surface area contributed by atoms with Gasteiger partial charge in [0, 0.05) is 49.8 Å². The Kier molecular flexibility index (Phi) is 5.44. The minimum absolute atomic E-state index is 0.0592. The minimum Gasteiger partial charge on any atom is -0.444 e. The van der Waals surface area contributed by atoms with E-state index in [-0.39, 0.29) is 24.5 Å². The molecule has 0 saturated carbocycles. The quantitative estimate of drug-likeness (QED) is 0.829. The van der Waals surface area contributed by atoms with E-state index in [4.69, 9.17) is 4.74 Å². The number of aliphatic hydroxyl groups excluding tert-OH is 1. The molecule has 8 heteroatoms. The summed E-state index contributed by atoms with van der Waals surface area (Å²) in [6.07, 6.45) is 2.69. The molecule has 8 nitrogen and oxygen atoms in total. The fourth-order valence-electron chi connectivity index (χ4n) is 4.10. The van der Waals surface area contributed by atoms with Crippen LogP contribution < -0.4 is 0 Å². The Morgan fingerprint density at radius 1 is 1.29 bits per heavy atom. The molecule has 1 aromatic rings. The topological polar surface area (TPSA) is 87.9 Å². The highest BCUT2D eigenvalue weighted by Crippen LogP contribution is 2.29. The summed E-state index contributed by atoms with van der Waals surface area (Å²) in [5, 5.41) is 13.8. The molecule has 28 heavy (non-hydrogen) atoms. The number of hydrogen-bond donors (Lipinski definition) is 1. The van der Waals surface area contributed by atoms with Crippen LogP contribution in [0.1, 0.15) is 52.3 Å². The van der Waals surface area contributed by atoms with Crippen LogP contribution in [0.5, 0.6) is 0 Å². The van der Waals surface area contributed by atoms with Crippen molar-refractivity contribution in [3.63, 3.8) is 0 Å². The van der Waals surface area contributed by atoms with E-state index in [2.05, 4.69) is 5.10 Å². The van der Waals surface area contributed by atoms with E-state index < -0.39 is 11.1 Å². The van der Waals surface area contributed by atoms with Crippen LogP contribution in [0.15, 0.2) is 6.20 Å². The number of carbonyl (C=O) groups excluding carboxylic acids is 2. The molecule has 1 N–H and O–H groups in total. The van der Waals surface area contributed by atoms with Gasteiger partial charge in [-0.15, -0.1) is 0 Å². The second-order valence-corrected chi connectivity index (χ2v) is 9.39. The van der Waals surface area contributed by atoms with Crippen LogP contribution in [0.25, 0.3) is 0 Å². The smallest absolute Gasteiger partial charge is 0.410 e. The normalized spacial score (nSPS) is 22.0. The van der Waals surface area contributed by atoms with E-state index >= 15 is 0 Å². The Bertz CT molecular complexity index is 736. The Balaban J connectivity index is 1.68. The Morgan fingerprint density at radius 3 is 2.61 bits per heavy atom. The highest BCUT2D eigenvalue weighted by Gasteiger charge is 2.42. The molecule has 1 fully saturated rings. The molecular weight excluding hydrogens is 360 g/mol. The molecule has 0 radical (unpaired) electrons. The van der Waals surface area contributed by atoms with Crippen LogP contribution in [0, 0.1) is 5.92 Å². The molecule has 2 aliphatic rings. The van der Waals surface area contributed by atoms with Gasteiger partial charge in [0.1, 0.15) is 5.60 Å². The lowest BCUT2D eigenvalue weighted by molar-refractivity contribution is -0.145. The Hall–Kier alpha value is -2.09. The van der Waals surface area contributed by atoms with Gasteiger partial charge in [-0.1, -0.05) is 0 Å². The van der Waals surface area contributed by atoms with Gasteiger partial charge in [-0.05, 0) is 41.0 Å². The molecular formula is C20H32N4O4. The van der Waals surface area contributed by atoms with Crippen LogP contribution in [0.3, 0.4) is 0 Å². The number of fused-ring (bicyclic) bond motifs is 1. The van der Waals surface area contributed by atoms with Gasteiger partial charge in [-0.2, -0.15) is 5.10 Å². The first-order valence-electron chi connectivity index (χ1n) is 9.95. The zero-order valence-corrected chi connectivity index (χ0v) is 17.6. The molecule has 3 heterocycles. The Labute approximate surface area is 166 Å². The van der Waals surface area contributed by atoms with Gasteiger partial charge in [0.05, 0.1) is 18.3 Å². The van der Waals surface area contributed by atoms with Gasteiger partial charge >= 0.3 is 6.09 Å². The number of nitrogens with zero attached hydrogens (tertiary/aromatic N) is 4. The van der Waals surface area contributed by atoms with E-state index in [9.17, 15) is 14.7 Å². The number of aromatic nitrogens is 2. The van der Waals surface area contributed by atoms with E-state index in [1.54, 1.807) is 11.1 Å². The maximum atomic E-state index is 13.3. The molecule has 0 aromatic carbocycles. The maximum Gasteiger partial charge on any atom is 0.410 e. The number of carbonyl (C=O) groups is 2. The number of ether oxygens (including phenoxy) is 1. The molecule has 1 unspecified atom stereocenters. The molecule has 3 rings (SSSR count). The fraction of sp³-hybridized carbons (Fsp3) is 0.750. The summed E-state index contributed by atoms with van der Waals surface area (Å²) in [6, 6.07) is 0. The van der Waals surface area contributed by atoms with Crippen LogP contribution in [-0.2, 0) is 29.1 Å². The largest absolute Gasteiger partial charge is 0.444 e. The average molecular weight is 393 g/mol. The van der Waals surface area contributed by atoms with E-state index in [0.717, 1.165) is 17.7 Å². The van der Waals surface area contributed by atoms with Crippen molar-refractivity contribution in [3.05, 3.63) is 17.5 Å². The lowest BCUT2D eigenvalue weighted by Gasteiger charge is -2.48. The van der Waals surface area contributed by atoms with Crippen molar-refractivity contribution in [3.8, 4) is 0 Å². The molecule has 156 valence electrons. The molecule has 0 aliphatic carbocycles. The second-order valence-electron chi connectivity index (χ2n) is 9.39. The summed E-state index contributed by atoms with van der Waals surface area (Å²) in [5.74, 6) is -0.00738. The third kappa shape index (κ3) is 4.16. The third-order valence-corrected chi connectivity index (χ3v) is 5.50. The van der Waals surface area contributed by atoms with E-state index in [1.165, 1.54) is 0 Å². The van der Waals surface area contributed by atoms with Crippen LogP contribution in [0.2, 0.25) is 0 Å². The molecule has 2 amide bonds. The highest BCUT2D eigenvalue weighted by molar-refractivity contribution is 5.80. The first-order valence-corrected chi connectivity index (χ1v) is 9.95. The van der Waals surface area contributed by atoms with Gasteiger partial charge in [0.15, 0.2) is 0 Å². The van der Waals surface area contributed by atoms with Crippen LogP contribution in [-0.4, -0.2) is 67.5 Å². The Morgan fingerprint density at radius 2 is 2.00 bits per heavy atom. The number of hydrogen-bond acceptors (Lipinski definition) is 5. The maximum absolute atomic E-state index is 13.3. The molecule has 1 saturated heterocycles. The van der Waals surface area contributed by atoms with Gasteiger partial charge in [0.25, 0.3) is 0 Å². The van der Waals surface area contributed by atoms with Crippen molar-refractivity contribution < 1.29 is 19.4 Å². The summed E-state index contributed by atoms with van der Waals surface area (Å²) < 4.78 is 7.38. The number of piperazine rings is 1. The van der Waals surface area contributed by atoms with Gasteiger partial charge in [-0.25, -0.2) is 4.79 Å². The average Bonchev–Trinajstić information content (AvgIpc) is 3.01. The van der Waals surface area contributed by atoms with E-state index in [1.807, 2.05) is 44.2 Å². The summed E-state index contributed by atoms with van der Waals surface area (Å²) in [5.41, 5.74) is 0.747. The standard InChI is InChI=1S/C20H32N4O4/c1-19(2,3)28-18(27)22-8-9-23(20(4,5)13-22)17(26)14-6-7-24-16(10-14)15(12-25)11-21-24/h11,14,25H,6-10,12-13H2,1-5H3. The van der Waals surface area contributed by atoms with Crippen molar-refractivity contribution in [1.29, 1.82) is 0 Å². The highest BCUT2D eigenvalue weighted by atomic mass is 16.6. The molecule has 1 aromatic heterocycles. The first-order chi connectivity index (χ1) is 13.0. The number of rotatable bonds is 2. The van der Waals surface area contributed by atoms with Gasteiger partial charge < -0.3 is 19.6 Å². The van der Waals surface area contributed by atoms with Crippen molar-refractivity contribution >= 4 is 12.0 Å².